The second kappa shape index (κ2) is 3.00. The highest BCUT2D eigenvalue weighted by atomic mass is 127. The van der Waals surface area contributed by atoms with Crippen molar-refractivity contribution in [3.63, 3.8) is 0 Å². The summed E-state index contributed by atoms with van der Waals surface area (Å²) in [7, 11) is 0. The molecule has 0 aliphatic rings. The van der Waals surface area contributed by atoms with E-state index in [0.717, 1.165) is 4.73 Å². The summed E-state index contributed by atoms with van der Waals surface area (Å²) in [4.78, 5) is 4.81. The van der Waals surface area contributed by atoms with Crippen LogP contribution < -0.4 is 4.84 Å². The molecule has 2 N–H and O–H groups in total. The molecule has 0 bridgehead atoms. The Morgan fingerprint density at radius 1 is 1.40 bits per heavy atom. The van der Waals surface area contributed by atoms with Gasteiger partial charge in [0, 0.05) is 12.1 Å². The fourth-order valence-electron chi connectivity index (χ4n) is 0.583. The summed E-state index contributed by atoms with van der Waals surface area (Å²) >= 11 is 1.96. The molecule has 0 aromatic carbocycles. The van der Waals surface area contributed by atoms with E-state index in [4.69, 9.17) is 15.1 Å². The first-order valence-electron chi connectivity index (χ1n) is 2.54. The van der Waals surface area contributed by atoms with E-state index in [0.29, 0.717) is 4.61 Å². The molecule has 5 heteroatoms. The number of nitrogens with zero attached hydrogens (tertiary/aromatic N) is 1. The normalized spacial score (nSPS) is 9.70. The van der Waals surface area contributed by atoms with Gasteiger partial charge in [0.2, 0.25) is 11.8 Å². The van der Waals surface area contributed by atoms with Crippen LogP contribution in [-0.2, 0) is 0 Å². The molecule has 0 spiro atoms. The Hall–Kier alpha value is -0.590. The summed E-state index contributed by atoms with van der Waals surface area (Å²) < 4.78 is 1.32. The minimum atomic E-state index is -0.103. The average Bonchev–Trinajstić information content (AvgIpc) is 2.20. The van der Waals surface area contributed by atoms with Crippen LogP contribution in [0.3, 0.4) is 0 Å². The third-order valence-electron chi connectivity index (χ3n) is 0.976. The van der Waals surface area contributed by atoms with E-state index in [2.05, 4.69) is 0 Å². The van der Waals surface area contributed by atoms with E-state index < -0.39 is 0 Å². The van der Waals surface area contributed by atoms with Crippen molar-refractivity contribution >= 4 is 22.6 Å². The van der Waals surface area contributed by atoms with Gasteiger partial charge in [0.05, 0.1) is 0 Å². The lowest BCUT2D eigenvalue weighted by Gasteiger charge is -2.03. The number of rotatable bonds is 2. The standard InChI is InChI=1S/C5H6INO3/c6-3-10-7-4(8)1-2-5(7)9/h1-2,8-9H,3H2. The molecular formula is C5H6INO3. The largest absolute Gasteiger partial charge is 0.492 e. The third kappa shape index (κ3) is 1.28. The van der Waals surface area contributed by atoms with Gasteiger partial charge >= 0.3 is 0 Å². The summed E-state index contributed by atoms with van der Waals surface area (Å²) in [6.07, 6.45) is 0. The Labute approximate surface area is 71.1 Å². The molecule has 0 aliphatic carbocycles. The lowest BCUT2D eigenvalue weighted by molar-refractivity contribution is 0.114. The van der Waals surface area contributed by atoms with E-state index in [-0.39, 0.29) is 11.8 Å². The number of hydrogen-bond donors (Lipinski definition) is 2. The highest BCUT2D eigenvalue weighted by Gasteiger charge is 2.04. The summed E-state index contributed by atoms with van der Waals surface area (Å²) in [5, 5.41) is 17.9. The molecule has 1 aromatic rings. The average molecular weight is 255 g/mol. The van der Waals surface area contributed by atoms with Crippen molar-refractivity contribution in [1.82, 2.24) is 4.73 Å². The Bertz CT molecular complexity index is 203. The zero-order valence-corrected chi connectivity index (χ0v) is 7.15. The molecule has 4 nitrogen and oxygen atoms in total. The van der Waals surface area contributed by atoms with Crippen molar-refractivity contribution in [3.8, 4) is 11.8 Å². The van der Waals surface area contributed by atoms with Crippen LogP contribution in [0.15, 0.2) is 12.1 Å². The quantitative estimate of drug-likeness (QED) is 0.604. The van der Waals surface area contributed by atoms with Gasteiger partial charge in [0.15, 0.2) is 4.61 Å². The first kappa shape index (κ1) is 7.52. The zero-order chi connectivity index (χ0) is 7.56. The molecule has 1 heterocycles. The van der Waals surface area contributed by atoms with Gasteiger partial charge in [-0.15, -0.1) is 4.73 Å². The number of alkyl halides is 1. The van der Waals surface area contributed by atoms with E-state index in [9.17, 15) is 0 Å². The van der Waals surface area contributed by atoms with Gasteiger partial charge in [0.1, 0.15) is 0 Å². The van der Waals surface area contributed by atoms with E-state index in [1.54, 1.807) is 0 Å². The molecular weight excluding hydrogens is 249 g/mol. The molecule has 1 rings (SSSR count). The maximum atomic E-state index is 8.94. The molecule has 0 radical (unpaired) electrons. The van der Waals surface area contributed by atoms with Crippen molar-refractivity contribution in [3.05, 3.63) is 12.1 Å². The van der Waals surface area contributed by atoms with Gasteiger partial charge in [0.25, 0.3) is 0 Å². The van der Waals surface area contributed by atoms with E-state index in [1.807, 2.05) is 22.6 Å². The minimum absolute atomic E-state index is 0.103. The molecule has 56 valence electrons. The Morgan fingerprint density at radius 3 is 2.30 bits per heavy atom. The van der Waals surface area contributed by atoms with Crippen molar-refractivity contribution in [2.24, 2.45) is 0 Å². The van der Waals surface area contributed by atoms with Crippen molar-refractivity contribution in [2.75, 3.05) is 4.61 Å². The highest BCUT2D eigenvalue weighted by Crippen LogP contribution is 2.18. The SMILES string of the molecule is Oc1ccc(O)n1OCI. The molecule has 10 heavy (non-hydrogen) atoms. The fourth-order valence-corrected chi connectivity index (χ4v) is 0.861. The van der Waals surface area contributed by atoms with Crippen molar-refractivity contribution in [2.45, 2.75) is 0 Å². The lowest BCUT2D eigenvalue weighted by atomic mass is 10.6. The first-order valence-corrected chi connectivity index (χ1v) is 4.07. The van der Waals surface area contributed by atoms with Crippen LogP contribution >= 0.6 is 22.6 Å². The van der Waals surface area contributed by atoms with E-state index >= 15 is 0 Å². The summed E-state index contributed by atoms with van der Waals surface area (Å²) in [5.41, 5.74) is 0. The van der Waals surface area contributed by atoms with Crippen LogP contribution in [0.5, 0.6) is 11.8 Å². The van der Waals surface area contributed by atoms with Gasteiger partial charge in [-0.05, 0) is 22.6 Å². The Morgan fingerprint density at radius 2 is 1.90 bits per heavy atom. The van der Waals surface area contributed by atoms with Gasteiger partial charge in [-0.25, -0.2) is 0 Å². The smallest absolute Gasteiger partial charge is 0.229 e. The molecule has 0 saturated carbocycles. The predicted octanol–water partition coefficient (Wildman–Crippen LogP) is 0.720. The predicted molar refractivity (Wildman–Crippen MR) is 43.2 cm³/mol. The highest BCUT2D eigenvalue weighted by molar-refractivity contribution is 14.1. The van der Waals surface area contributed by atoms with Crippen LogP contribution in [0.2, 0.25) is 0 Å². The maximum absolute atomic E-state index is 8.94. The van der Waals surface area contributed by atoms with Crippen LogP contribution in [-0.4, -0.2) is 19.6 Å². The molecule has 0 aliphatic heterocycles. The van der Waals surface area contributed by atoms with Gasteiger partial charge in [-0.1, -0.05) is 0 Å². The Kier molecular flexibility index (Phi) is 2.25. The number of aromatic nitrogens is 1. The number of halogens is 1. The van der Waals surface area contributed by atoms with Gasteiger partial charge < -0.3 is 15.1 Å². The monoisotopic (exact) mass is 255 g/mol. The zero-order valence-electron chi connectivity index (χ0n) is 4.99. The second-order valence-electron chi connectivity index (χ2n) is 1.58. The summed E-state index contributed by atoms with van der Waals surface area (Å²) in [6.45, 7) is 0. The molecule has 0 fully saturated rings. The van der Waals surface area contributed by atoms with E-state index in [1.165, 1.54) is 12.1 Å². The molecule has 0 amide bonds. The van der Waals surface area contributed by atoms with Crippen LogP contribution in [0.1, 0.15) is 0 Å². The molecule has 0 unspecified atom stereocenters. The number of hydrogen-bond acceptors (Lipinski definition) is 3. The van der Waals surface area contributed by atoms with Crippen LogP contribution in [0.4, 0.5) is 0 Å². The number of aromatic hydroxyl groups is 2. The van der Waals surface area contributed by atoms with Gasteiger partial charge in [-0.3, -0.25) is 0 Å². The van der Waals surface area contributed by atoms with Crippen LogP contribution in [0, 0.1) is 0 Å². The van der Waals surface area contributed by atoms with Crippen LogP contribution in [0.25, 0.3) is 0 Å². The first-order chi connectivity index (χ1) is 4.75. The summed E-state index contributed by atoms with van der Waals surface area (Å²) in [6, 6.07) is 2.70. The lowest BCUT2D eigenvalue weighted by Crippen LogP contribution is -2.06. The Balaban J connectivity index is 2.87. The van der Waals surface area contributed by atoms with Crippen molar-refractivity contribution in [1.29, 1.82) is 0 Å². The van der Waals surface area contributed by atoms with Crippen molar-refractivity contribution < 1.29 is 15.1 Å². The summed E-state index contributed by atoms with van der Waals surface area (Å²) in [5.74, 6) is -0.205. The third-order valence-corrected chi connectivity index (χ3v) is 1.25. The molecule has 1 aromatic heterocycles. The fraction of sp³-hybridized carbons (Fsp3) is 0.200. The molecule has 0 atom stereocenters. The molecule has 0 saturated heterocycles. The van der Waals surface area contributed by atoms with Gasteiger partial charge in [-0.2, -0.15) is 0 Å². The topological polar surface area (TPSA) is 54.6 Å². The minimum Gasteiger partial charge on any atom is -0.492 e. The second-order valence-corrected chi connectivity index (χ2v) is 2.21. The maximum Gasteiger partial charge on any atom is 0.229 e.